The number of ether oxygens (including phenoxy) is 3. The van der Waals surface area contributed by atoms with Gasteiger partial charge in [-0.3, -0.25) is 0 Å². The molecule has 4 rings (SSSR count). The Morgan fingerprint density at radius 2 is 1.97 bits per heavy atom. The van der Waals surface area contributed by atoms with E-state index in [4.69, 9.17) is 35.8 Å². The fraction of sp³-hybridized carbons (Fsp3) is 0.600. The molecule has 37 heavy (non-hydrogen) atoms. The van der Waals surface area contributed by atoms with Crippen molar-refractivity contribution in [1.82, 2.24) is 19.9 Å². The summed E-state index contributed by atoms with van der Waals surface area (Å²) in [6, 6.07) is 1.73. The van der Waals surface area contributed by atoms with Crippen LogP contribution in [-0.4, -0.2) is 84.1 Å². The number of nitrogens with one attached hydrogen (secondary N) is 2. The summed E-state index contributed by atoms with van der Waals surface area (Å²) in [7, 11) is 1.56. The first-order valence-corrected chi connectivity index (χ1v) is 12.9. The van der Waals surface area contributed by atoms with E-state index in [1.54, 1.807) is 18.1 Å². The van der Waals surface area contributed by atoms with E-state index in [9.17, 15) is 4.79 Å². The minimum Gasteiger partial charge on any atom is -0.480 e. The highest BCUT2D eigenvalue weighted by Gasteiger charge is 2.29. The summed E-state index contributed by atoms with van der Waals surface area (Å²) in [6.45, 7) is 11.5. The Balaban J connectivity index is 1.60. The SMILES string of the molecule is COc1ncc(Cl)cc1Nc1nc(N[C@@H]2CCCN(C(=O)OC(C)(C)C)C2)nc(N2CCOCC2)c1C. The summed E-state index contributed by atoms with van der Waals surface area (Å²) < 4.78 is 16.5. The predicted molar refractivity (Wildman–Crippen MR) is 143 cm³/mol. The Morgan fingerprint density at radius 1 is 1.22 bits per heavy atom. The molecule has 0 saturated carbocycles. The second-order valence-electron chi connectivity index (χ2n) is 10.2. The lowest BCUT2D eigenvalue weighted by molar-refractivity contribution is 0.0206. The van der Waals surface area contributed by atoms with Gasteiger partial charge < -0.3 is 34.6 Å². The van der Waals surface area contributed by atoms with Gasteiger partial charge in [0.2, 0.25) is 11.8 Å². The van der Waals surface area contributed by atoms with Crippen LogP contribution in [0.25, 0.3) is 0 Å². The van der Waals surface area contributed by atoms with Crippen molar-refractivity contribution in [2.75, 3.05) is 62.0 Å². The second kappa shape index (κ2) is 11.6. The number of anilines is 4. The number of carbonyl (C=O) groups excluding carboxylic acids is 1. The number of morpholine rings is 1. The number of carbonyl (C=O) groups is 1. The van der Waals surface area contributed by atoms with Gasteiger partial charge in [0.25, 0.3) is 0 Å². The van der Waals surface area contributed by atoms with Gasteiger partial charge in [0, 0.05) is 44.0 Å². The highest BCUT2D eigenvalue weighted by molar-refractivity contribution is 6.30. The lowest BCUT2D eigenvalue weighted by Crippen LogP contribution is -2.47. The van der Waals surface area contributed by atoms with E-state index in [0.717, 1.165) is 37.3 Å². The van der Waals surface area contributed by atoms with E-state index in [1.165, 1.54) is 6.20 Å². The molecule has 0 unspecified atom stereocenters. The zero-order valence-corrected chi connectivity index (χ0v) is 22.9. The third kappa shape index (κ3) is 7.04. The highest BCUT2D eigenvalue weighted by atomic mass is 35.5. The molecule has 1 atom stereocenters. The minimum atomic E-state index is -0.540. The first-order chi connectivity index (χ1) is 17.6. The molecule has 0 bridgehead atoms. The molecule has 2 aromatic rings. The second-order valence-corrected chi connectivity index (χ2v) is 10.6. The summed E-state index contributed by atoms with van der Waals surface area (Å²) in [6.07, 6.45) is 2.97. The van der Waals surface area contributed by atoms with Crippen LogP contribution in [0.4, 0.5) is 28.1 Å². The molecule has 2 aliphatic heterocycles. The van der Waals surface area contributed by atoms with E-state index >= 15 is 0 Å². The Hall–Kier alpha value is -3.05. The number of likely N-dealkylation sites (tertiary alicyclic amines) is 1. The number of rotatable bonds is 6. The largest absolute Gasteiger partial charge is 0.480 e. The number of amides is 1. The maximum absolute atomic E-state index is 12.6. The van der Waals surface area contributed by atoms with Gasteiger partial charge in [0.05, 0.1) is 25.3 Å². The molecule has 0 spiro atoms. The molecule has 2 saturated heterocycles. The van der Waals surface area contributed by atoms with Crippen molar-refractivity contribution in [3.63, 3.8) is 0 Å². The molecule has 12 heteroatoms. The van der Waals surface area contributed by atoms with Gasteiger partial charge in [-0.2, -0.15) is 9.97 Å². The molecule has 1 amide bonds. The average Bonchev–Trinajstić information content (AvgIpc) is 2.86. The molecular weight excluding hydrogens is 498 g/mol. The molecule has 202 valence electrons. The molecule has 2 aliphatic rings. The van der Waals surface area contributed by atoms with Crippen LogP contribution in [-0.2, 0) is 9.47 Å². The first kappa shape index (κ1) is 27.0. The molecule has 0 aliphatic carbocycles. The Kier molecular flexibility index (Phi) is 8.43. The van der Waals surface area contributed by atoms with E-state index in [1.807, 2.05) is 27.7 Å². The van der Waals surface area contributed by atoms with Crippen LogP contribution in [0.3, 0.4) is 0 Å². The normalized spacial score (nSPS) is 18.4. The van der Waals surface area contributed by atoms with Crippen LogP contribution >= 0.6 is 11.6 Å². The third-order valence-electron chi connectivity index (χ3n) is 6.10. The number of aromatic nitrogens is 3. The number of hydrogen-bond donors (Lipinski definition) is 2. The van der Waals surface area contributed by atoms with E-state index in [0.29, 0.717) is 54.7 Å². The van der Waals surface area contributed by atoms with Crippen molar-refractivity contribution in [2.45, 2.75) is 52.2 Å². The van der Waals surface area contributed by atoms with Crippen molar-refractivity contribution in [3.05, 3.63) is 22.8 Å². The third-order valence-corrected chi connectivity index (χ3v) is 6.31. The maximum Gasteiger partial charge on any atom is 0.410 e. The zero-order valence-electron chi connectivity index (χ0n) is 22.1. The molecule has 2 N–H and O–H groups in total. The molecule has 11 nitrogen and oxygen atoms in total. The molecular formula is C25H36ClN7O4. The predicted octanol–water partition coefficient (Wildman–Crippen LogP) is 4.23. The molecule has 0 radical (unpaired) electrons. The van der Waals surface area contributed by atoms with Gasteiger partial charge in [0.1, 0.15) is 22.9 Å². The van der Waals surface area contributed by atoms with Crippen molar-refractivity contribution in [2.24, 2.45) is 0 Å². The number of methoxy groups -OCH3 is 1. The van der Waals surface area contributed by atoms with E-state index in [-0.39, 0.29) is 12.1 Å². The smallest absolute Gasteiger partial charge is 0.410 e. The fourth-order valence-electron chi connectivity index (χ4n) is 4.35. The number of hydrogen-bond acceptors (Lipinski definition) is 10. The monoisotopic (exact) mass is 533 g/mol. The van der Waals surface area contributed by atoms with Crippen LogP contribution in [0.5, 0.6) is 5.88 Å². The Labute approximate surface area is 222 Å². The van der Waals surface area contributed by atoms with Gasteiger partial charge in [-0.1, -0.05) is 11.6 Å². The summed E-state index contributed by atoms with van der Waals surface area (Å²) in [5.74, 6) is 2.31. The quantitative estimate of drug-likeness (QED) is 0.559. The van der Waals surface area contributed by atoms with Gasteiger partial charge in [-0.25, -0.2) is 9.78 Å². The molecule has 4 heterocycles. The Morgan fingerprint density at radius 3 is 2.68 bits per heavy atom. The number of nitrogens with zero attached hydrogens (tertiary/aromatic N) is 5. The van der Waals surface area contributed by atoms with E-state index < -0.39 is 5.60 Å². The van der Waals surface area contributed by atoms with Gasteiger partial charge in [-0.15, -0.1) is 0 Å². The van der Waals surface area contributed by atoms with Crippen LogP contribution in [0, 0.1) is 6.92 Å². The first-order valence-electron chi connectivity index (χ1n) is 12.6. The zero-order chi connectivity index (χ0) is 26.6. The van der Waals surface area contributed by atoms with Crippen LogP contribution < -0.4 is 20.3 Å². The number of pyridine rings is 1. The molecule has 0 aromatic carbocycles. The maximum atomic E-state index is 12.6. The van der Waals surface area contributed by atoms with Crippen molar-refractivity contribution in [1.29, 1.82) is 0 Å². The number of halogens is 1. The Bertz CT molecular complexity index is 1110. The summed E-state index contributed by atoms with van der Waals surface area (Å²) in [5, 5.41) is 7.27. The van der Waals surface area contributed by atoms with Crippen molar-refractivity contribution < 1.29 is 19.0 Å². The molecule has 2 aromatic heterocycles. The summed E-state index contributed by atoms with van der Waals surface area (Å²) >= 11 is 6.20. The average molecular weight is 534 g/mol. The minimum absolute atomic E-state index is 0.0169. The lowest BCUT2D eigenvalue weighted by atomic mass is 10.1. The van der Waals surface area contributed by atoms with Gasteiger partial charge in [0.15, 0.2) is 0 Å². The van der Waals surface area contributed by atoms with Crippen LogP contribution in [0.2, 0.25) is 5.02 Å². The molecule has 2 fully saturated rings. The lowest BCUT2D eigenvalue weighted by Gasteiger charge is -2.35. The number of piperidine rings is 1. The summed E-state index contributed by atoms with van der Waals surface area (Å²) in [4.78, 5) is 30.5. The van der Waals surface area contributed by atoms with Crippen molar-refractivity contribution >= 4 is 41.0 Å². The van der Waals surface area contributed by atoms with Gasteiger partial charge >= 0.3 is 6.09 Å². The fourth-order valence-corrected chi connectivity index (χ4v) is 4.51. The topological polar surface area (TPSA) is 114 Å². The van der Waals surface area contributed by atoms with Crippen LogP contribution in [0.1, 0.15) is 39.2 Å². The summed E-state index contributed by atoms with van der Waals surface area (Å²) in [5.41, 5.74) is 0.944. The highest BCUT2D eigenvalue weighted by Crippen LogP contribution is 2.33. The van der Waals surface area contributed by atoms with Gasteiger partial charge in [-0.05, 0) is 46.6 Å². The van der Waals surface area contributed by atoms with Crippen LogP contribution in [0.15, 0.2) is 12.3 Å². The van der Waals surface area contributed by atoms with E-state index in [2.05, 4.69) is 20.5 Å². The standard InChI is InChI=1S/C25H36ClN7O4/c1-16-20(29-19-13-17(26)14-27-22(19)35-5)30-23(31-21(16)32-9-11-36-12-10-32)28-18-7-6-8-33(15-18)24(34)37-25(2,3)4/h13-14,18H,6-12,15H2,1-5H3,(H2,28,29,30,31)/t18-/m1/s1. The van der Waals surface area contributed by atoms with Crippen molar-refractivity contribution in [3.8, 4) is 5.88 Å².